The van der Waals surface area contributed by atoms with Gasteiger partial charge in [0.1, 0.15) is 24.0 Å². The molecule has 0 unspecified atom stereocenters. The zero-order valence-corrected chi connectivity index (χ0v) is 21.8. The predicted octanol–water partition coefficient (Wildman–Crippen LogP) is 2.74. The third kappa shape index (κ3) is 5.71. The topological polar surface area (TPSA) is 167 Å². The van der Waals surface area contributed by atoms with Crippen molar-refractivity contribution in [3.63, 3.8) is 0 Å². The summed E-state index contributed by atoms with van der Waals surface area (Å²) in [6.07, 6.45) is 9.77. The van der Waals surface area contributed by atoms with Crippen molar-refractivity contribution < 1.29 is 9.59 Å². The molecule has 1 aliphatic heterocycles. The number of imide groups is 1. The molecule has 0 aliphatic carbocycles. The Kier molecular flexibility index (Phi) is 7.60. The Morgan fingerprint density at radius 1 is 0.650 bits per heavy atom. The standard InChI is InChI=1S/C18H13N5O2.C10H11N5/c1-11-7-19-16(20-8-11)15-6-12(21-10-22-15)9-23-17(24)13-4-2-3-5-14(13)18(23)25;1-7-4-12-10(13-5-7)9-2-8(3-11)14-6-15-9/h2-8,10H,9H2,1H3;2,4-6H,3,11H2,1H3. The van der Waals surface area contributed by atoms with Gasteiger partial charge in [0.15, 0.2) is 11.6 Å². The second kappa shape index (κ2) is 11.6. The molecular formula is C28H24N10O2. The highest BCUT2D eigenvalue weighted by Crippen LogP contribution is 2.24. The van der Waals surface area contributed by atoms with Gasteiger partial charge in [-0.15, -0.1) is 0 Å². The molecule has 12 heteroatoms. The second-order valence-electron chi connectivity index (χ2n) is 8.90. The zero-order chi connectivity index (χ0) is 28.1. The number of rotatable bonds is 5. The van der Waals surface area contributed by atoms with Gasteiger partial charge in [0, 0.05) is 31.3 Å². The first-order chi connectivity index (χ1) is 19.4. The molecule has 5 aromatic rings. The van der Waals surface area contributed by atoms with Crippen molar-refractivity contribution in [1.82, 2.24) is 44.8 Å². The van der Waals surface area contributed by atoms with Gasteiger partial charge in [-0.3, -0.25) is 14.5 Å². The normalized spacial score (nSPS) is 12.1. The van der Waals surface area contributed by atoms with Gasteiger partial charge in [-0.1, -0.05) is 12.1 Å². The van der Waals surface area contributed by atoms with Crippen LogP contribution < -0.4 is 5.73 Å². The van der Waals surface area contributed by atoms with Gasteiger partial charge < -0.3 is 5.73 Å². The lowest BCUT2D eigenvalue weighted by Crippen LogP contribution is -2.29. The highest BCUT2D eigenvalue weighted by Gasteiger charge is 2.35. The van der Waals surface area contributed by atoms with E-state index in [9.17, 15) is 9.59 Å². The molecule has 0 atom stereocenters. The molecule has 12 nitrogen and oxygen atoms in total. The average Bonchev–Trinajstić information content (AvgIpc) is 3.23. The fourth-order valence-electron chi connectivity index (χ4n) is 3.83. The van der Waals surface area contributed by atoms with Crippen LogP contribution in [0.1, 0.15) is 43.2 Å². The Hall–Kier alpha value is -5.36. The molecule has 1 aromatic carbocycles. The molecule has 1 aliphatic rings. The highest BCUT2D eigenvalue weighted by molar-refractivity contribution is 6.21. The van der Waals surface area contributed by atoms with Crippen LogP contribution in [0, 0.1) is 13.8 Å². The number of fused-ring (bicyclic) bond motifs is 1. The summed E-state index contributed by atoms with van der Waals surface area (Å²) in [6.45, 7) is 4.31. The van der Waals surface area contributed by atoms with Gasteiger partial charge in [-0.05, 0) is 49.2 Å². The van der Waals surface area contributed by atoms with Gasteiger partial charge in [-0.2, -0.15) is 0 Å². The van der Waals surface area contributed by atoms with E-state index in [4.69, 9.17) is 5.73 Å². The maximum absolute atomic E-state index is 12.4. The summed E-state index contributed by atoms with van der Waals surface area (Å²) >= 11 is 0. The molecule has 2 N–H and O–H groups in total. The average molecular weight is 533 g/mol. The fraction of sp³-hybridized carbons (Fsp3) is 0.143. The maximum atomic E-state index is 12.4. The molecule has 4 aromatic heterocycles. The molecule has 0 radical (unpaired) electrons. The van der Waals surface area contributed by atoms with Gasteiger partial charge in [0.2, 0.25) is 0 Å². The van der Waals surface area contributed by atoms with E-state index in [1.165, 1.54) is 17.6 Å². The van der Waals surface area contributed by atoms with Crippen molar-refractivity contribution in [1.29, 1.82) is 0 Å². The minimum absolute atomic E-state index is 0.0771. The summed E-state index contributed by atoms with van der Waals surface area (Å²) in [5, 5.41) is 0. The van der Waals surface area contributed by atoms with E-state index in [0.717, 1.165) is 16.8 Å². The molecule has 0 saturated carbocycles. The first kappa shape index (κ1) is 26.3. The summed E-state index contributed by atoms with van der Waals surface area (Å²) < 4.78 is 0. The molecule has 2 amide bonds. The SMILES string of the molecule is Cc1cnc(-c2cc(CN)ncn2)nc1.Cc1cnc(-c2cc(CN3C(=O)c4ccccc4C3=O)ncn2)nc1. The summed E-state index contributed by atoms with van der Waals surface area (Å²) in [5.41, 5.74) is 10.9. The van der Waals surface area contributed by atoms with Crippen LogP contribution in [0.15, 0.2) is 73.8 Å². The quantitative estimate of drug-likeness (QED) is 0.331. The number of benzene rings is 1. The minimum Gasteiger partial charge on any atom is -0.325 e. The number of amides is 2. The Morgan fingerprint density at radius 2 is 1.10 bits per heavy atom. The lowest BCUT2D eigenvalue weighted by atomic mass is 10.1. The lowest BCUT2D eigenvalue weighted by Gasteiger charge is -2.13. The van der Waals surface area contributed by atoms with Crippen LogP contribution in [-0.2, 0) is 13.1 Å². The number of nitrogens with two attached hydrogens (primary N) is 1. The van der Waals surface area contributed by atoms with Gasteiger partial charge in [-0.25, -0.2) is 39.9 Å². The minimum atomic E-state index is -0.313. The van der Waals surface area contributed by atoms with E-state index >= 15 is 0 Å². The number of hydrogen-bond acceptors (Lipinski definition) is 11. The van der Waals surface area contributed by atoms with Crippen LogP contribution in [-0.4, -0.2) is 56.6 Å². The Bertz CT molecular complexity index is 1640. The van der Waals surface area contributed by atoms with Crippen molar-refractivity contribution in [2.75, 3.05) is 0 Å². The number of hydrogen-bond donors (Lipinski definition) is 1. The van der Waals surface area contributed by atoms with Gasteiger partial charge >= 0.3 is 0 Å². The maximum Gasteiger partial charge on any atom is 0.261 e. The van der Waals surface area contributed by atoms with E-state index < -0.39 is 0 Å². The summed E-state index contributed by atoms with van der Waals surface area (Å²) in [4.78, 5) is 59.3. The summed E-state index contributed by atoms with van der Waals surface area (Å²) in [6, 6.07) is 10.3. The van der Waals surface area contributed by atoms with Crippen LogP contribution in [0.2, 0.25) is 0 Å². The Morgan fingerprint density at radius 3 is 1.57 bits per heavy atom. The first-order valence-electron chi connectivity index (χ1n) is 12.3. The molecule has 6 rings (SSSR count). The lowest BCUT2D eigenvalue weighted by molar-refractivity contribution is 0.0640. The zero-order valence-electron chi connectivity index (χ0n) is 21.8. The largest absolute Gasteiger partial charge is 0.325 e. The molecule has 5 heterocycles. The third-order valence-electron chi connectivity index (χ3n) is 5.87. The second-order valence-corrected chi connectivity index (χ2v) is 8.90. The molecule has 0 spiro atoms. The molecular weight excluding hydrogens is 508 g/mol. The van der Waals surface area contributed by atoms with E-state index in [-0.39, 0.29) is 18.4 Å². The van der Waals surface area contributed by atoms with E-state index in [1.807, 2.05) is 13.8 Å². The van der Waals surface area contributed by atoms with Gasteiger partial charge in [0.25, 0.3) is 11.8 Å². The van der Waals surface area contributed by atoms with Crippen molar-refractivity contribution in [2.24, 2.45) is 5.73 Å². The fourth-order valence-corrected chi connectivity index (χ4v) is 3.83. The molecule has 0 saturated heterocycles. The van der Waals surface area contributed by atoms with Crippen molar-refractivity contribution >= 4 is 11.8 Å². The van der Waals surface area contributed by atoms with Crippen LogP contribution in [0.3, 0.4) is 0 Å². The van der Waals surface area contributed by atoms with Crippen LogP contribution in [0.25, 0.3) is 23.0 Å². The number of aromatic nitrogens is 8. The molecule has 198 valence electrons. The Balaban J connectivity index is 0.000000184. The molecule has 0 fully saturated rings. The Labute approximate surface area is 229 Å². The smallest absolute Gasteiger partial charge is 0.261 e. The summed E-state index contributed by atoms with van der Waals surface area (Å²) in [7, 11) is 0. The monoisotopic (exact) mass is 532 g/mol. The van der Waals surface area contributed by atoms with Crippen molar-refractivity contribution in [3.8, 4) is 23.0 Å². The van der Waals surface area contributed by atoms with Gasteiger partial charge in [0.05, 0.1) is 29.1 Å². The number of nitrogens with zero attached hydrogens (tertiary/aromatic N) is 9. The van der Waals surface area contributed by atoms with E-state index in [1.54, 1.807) is 61.2 Å². The summed E-state index contributed by atoms with van der Waals surface area (Å²) in [5.74, 6) is 0.439. The number of carbonyl (C=O) groups is 2. The molecule has 0 bridgehead atoms. The van der Waals surface area contributed by atoms with Crippen LogP contribution >= 0.6 is 0 Å². The third-order valence-corrected chi connectivity index (χ3v) is 5.87. The van der Waals surface area contributed by atoms with Crippen LogP contribution in [0.5, 0.6) is 0 Å². The molecule has 40 heavy (non-hydrogen) atoms. The van der Waals surface area contributed by atoms with Crippen LogP contribution in [0.4, 0.5) is 0 Å². The number of aryl methyl sites for hydroxylation is 2. The van der Waals surface area contributed by atoms with E-state index in [2.05, 4.69) is 39.9 Å². The number of carbonyl (C=O) groups excluding carboxylic acids is 2. The highest BCUT2D eigenvalue weighted by atomic mass is 16.2. The predicted molar refractivity (Wildman–Crippen MR) is 144 cm³/mol. The van der Waals surface area contributed by atoms with E-state index in [0.29, 0.717) is 46.4 Å². The first-order valence-corrected chi connectivity index (χ1v) is 12.3. The van der Waals surface area contributed by atoms with Crippen molar-refractivity contribution in [3.05, 3.63) is 107 Å². The van der Waals surface area contributed by atoms with Crippen molar-refractivity contribution in [2.45, 2.75) is 26.9 Å².